The molecule has 0 aromatic carbocycles. The van der Waals surface area contributed by atoms with Crippen LogP contribution in [-0.4, -0.2) is 35.4 Å². The molecule has 0 saturated heterocycles. The molecule has 0 bridgehead atoms. The number of guanidine groups is 1. The van der Waals surface area contributed by atoms with Crippen molar-refractivity contribution >= 4 is 5.96 Å². The molecule has 5 heteroatoms. The van der Waals surface area contributed by atoms with Crippen molar-refractivity contribution in [2.45, 2.75) is 58.9 Å². The minimum Gasteiger partial charge on any atom is -0.357 e. The van der Waals surface area contributed by atoms with Gasteiger partial charge in [0.2, 0.25) is 0 Å². The lowest BCUT2D eigenvalue weighted by Gasteiger charge is -2.15. The maximum atomic E-state index is 4.65. The van der Waals surface area contributed by atoms with Crippen molar-refractivity contribution in [2.75, 3.05) is 19.6 Å². The third kappa shape index (κ3) is 6.89. The van der Waals surface area contributed by atoms with Crippen LogP contribution < -0.4 is 10.6 Å². The molecule has 1 aliphatic carbocycles. The van der Waals surface area contributed by atoms with E-state index in [4.69, 9.17) is 0 Å². The average Bonchev–Trinajstić information content (AvgIpc) is 2.98. The second-order valence-electron chi connectivity index (χ2n) is 6.18. The lowest BCUT2D eigenvalue weighted by Crippen LogP contribution is -2.38. The summed E-state index contributed by atoms with van der Waals surface area (Å²) in [5, 5.41) is 11.1. The Labute approximate surface area is 140 Å². The largest absolute Gasteiger partial charge is 0.357 e. The van der Waals surface area contributed by atoms with Crippen molar-refractivity contribution in [2.24, 2.45) is 4.99 Å². The molecule has 0 amide bonds. The van der Waals surface area contributed by atoms with Gasteiger partial charge in [0.25, 0.3) is 0 Å². The van der Waals surface area contributed by atoms with Gasteiger partial charge in [-0.1, -0.05) is 11.6 Å². The van der Waals surface area contributed by atoms with Crippen LogP contribution in [0.4, 0.5) is 0 Å². The first kappa shape index (κ1) is 17.6. The number of rotatable bonds is 8. The number of nitrogens with one attached hydrogen (secondary N) is 2. The molecular formula is C18H31N5. The fourth-order valence-electron chi connectivity index (χ4n) is 2.83. The van der Waals surface area contributed by atoms with Crippen molar-refractivity contribution in [3.05, 3.63) is 29.6 Å². The van der Waals surface area contributed by atoms with E-state index < -0.39 is 0 Å². The molecule has 1 aromatic rings. The fourth-order valence-corrected chi connectivity index (χ4v) is 2.83. The molecule has 0 atom stereocenters. The van der Waals surface area contributed by atoms with Crippen LogP contribution >= 0.6 is 0 Å². The van der Waals surface area contributed by atoms with E-state index in [0.29, 0.717) is 0 Å². The Kier molecular flexibility index (Phi) is 7.70. The monoisotopic (exact) mass is 317 g/mol. The van der Waals surface area contributed by atoms with Gasteiger partial charge in [0.05, 0.1) is 6.20 Å². The van der Waals surface area contributed by atoms with Gasteiger partial charge < -0.3 is 10.6 Å². The highest BCUT2D eigenvalue weighted by Crippen LogP contribution is 2.19. The third-order valence-electron chi connectivity index (χ3n) is 4.05. The minimum absolute atomic E-state index is 0.816. The second kappa shape index (κ2) is 10.1. The van der Waals surface area contributed by atoms with Gasteiger partial charge in [-0.25, -0.2) is 0 Å². The number of nitrogens with zero attached hydrogens (tertiary/aromatic N) is 3. The van der Waals surface area contributed by atoms with Crippen molar-refractivity contribution < 1.29 is 0 Å². The van der Waals surface area contributed by atoms with Crippen LogP contribution in [0.5, 0.6) is 0 Å². The summed E-state index contributed by atoms with van der Waals surface area (Å²) in [6, 6.07) is 0. The summed E-state index contributed by atoms with van der Waals surface area (Å²) in [5.41, 5.74) is 2.81. The van der Waals surface area contributed by atoms with Crippen LogP contribution in [0.2, 0.25) is 0 Å². The molecule has 0 radical (unpaired) electrons. The summed E-state index contributed by atoms with van der Waals surface area (Å²) in [4.78, 5) is 4.65. The number of aryl methyl sites for hydroxylation is 2. The summed E-state index contributed by atoms with van der Waals surface area (Å²) in [6.07, 6.45) is 13.8. The number of aliphatic imine (C=N–C) groups is 1. The number of allylic oxidation sites excluding steroid dienone is 1. The molecule has 1 aromatic heterocycles. The summed E-state index contributed by atoms with van der Waals surface area (Å²) >= 11 is 0. The Morgan fingerprint density at radius 1 is 1.35 bits per heavy atom. The van der Waals surface area contributed by atoms with Crippen molar-refractivity contribution in [1.29, 1.82) is 0 Å². The van der Waals surface area contributed by atoms with Crippen molar-refractivity contribution in [1.82, 2.24) is 20.4 Å². The van der Waals surface area contributed by atoms with E-state index in [1.807, 2.05) is 10.9 Å². The number of hydrogen-bond acceptors (Lipinski definition) is 2. The molecule has 2 N–H and O–H groups in total. The summed E-state index contributed by atoms with van der Waals surface area (Å²) in [7, 11) is 0. The summed E-state index contributed by atoms with van der Waals surface area (Å²) < 4.78 is 1.99. The number of aromatic nitrogens is 2. The summed E-state index contributed by atoms with van der Waals surface area (Å²) in [5.74, 6) is 0.931. The number of hydrogen-bond donors (Lipinski definition) is 2. The molecule has 0 fully saturated rings. The van der Waals surface area contributed by atoms with Crippen LogP contribution in [0, 0.1) is 6.92 Å². The first-order chi connectivity index (χ1) is 11.3. The second-order valence-corrected chi connectivity index (χ2v) is 6.18. The van der Waals surface area contributed by atoms with Gasteiger partial charge >= 0.3 is 0 Å². The highest BCUT2D eigenvalue weighted by atomic mass is 15.3. The van der Waals surface area contributed by atoms with Crippen LogP contribution in [-0.2, 0) is 6.54 Å². The maximum Gasteiger partial charge on any atom is 0.191 e. The molecule has 0 aliphatic heterocycles. The molecule has 0 unspecified atom stereocenters. The Balaban J connectivity index is 1.67. The minimum atomic E-state index is 0.816. The first-order valence-corrected chi connectivity index (χ1v) is 8.97. The van der Waals surface area contributed by atoms with Gasteiger partial charge in [-0.15, -0.1) is 0 Å². The molecule has 128 valence electrons. The van der Waals surface area contributed by atoms with Gasteiger partial charge in [-0.2, -0.15) is 5.10 Å². The highest BCUT2D eigenvalue weighted by Gasteiger charge is 2.04. The molecule has 5 nitrogen and oxygen atoms in total. The summed E-state index contributed by atoms with van der Waals surface area (Å²) in [6.45, 7) is 7.77. The zero-order valence-corrected chi connectivity index (χ0v) is 14.6. The first-order valence-electron chi connectivity index (χ1n) is 8.97. The Morgan fingerprint density at radius 3 is 2.96 bits per heavy atom. The van der Waals surface area contributed by atoms with E-state index in [9.17, 15) is 0 Å². The molecular weight excluding hydrogens is 286 g/mol. The van der Waals surface area contributed by atoms with Crippen molar-refractivity contribution in [3.8, 4) is 0 Å². The van der Waals surface area contributed by atoms with Gasteiger partial charge in [0.15, 0.2) is 5.96 Å². The smallest absolute Gasteiger partial charge is 0.191 e. The Morgan fingerprint density at radius 2 is 2.26 bits per heavy atom. The van der Waals surface area contributed by atoms with Crippen molar-refractivity contribution in [3.63, 3.8) is 0 Å². The molecule has 0 spiro atoms. The molecule has 1 heterocycles. The van der Waals surface area contributed by atoms with E-state index in [-0.39, 0.29) is 0 Å². The van der Waals surface area contributed by atoms with E-state index >= 15 is 0 Å². The molecule has 1 aliphatic rings. The van der Waals surface area contributed by atoms with Gasteiger partial charge in [-0.05, 0) is 57.9 Å². The third-order valence-corrected chi connectivity index (χ3v) is 4.05. The fraction of sp³-hybridized carbons (Fsp3) is 0.667. The van der Waals surface area contributed by atoms with Crippen LogP contribution in [0.3, 0.4) is 0 Å². The molecule has 23 heavy (non-hydrogen) atoms. The van der Waals surface area contributed by atoms with Gasteiger partial charge in [0, 0.05) is 32.4 Å². The quantitative estimate of drug-likeness (QED) is 0.335. The normalized spacial score (nSPS) is 15.4. The van der Waals surface area contributed by atoms with Gasteiger partial charge in [-0.3, -0.25) is 9.67 Å². The predicted octanol–water partition coefficient (Wildman–Crippen LogP) is 3.03. The van der Waals surface area contributed by atoms with Crippen LogP contribution in [0.15, 0.2) is 29.0 Å². The van der Waals surface area contributed by atoms with E-state index in [1.54, 1.807) is 5.57 Å². The lowest BCUT2D eigenvalue weighted by atomic mass is 9.97. The maximum absolute atomic E-state index is 4.65. The van der Waals surface area contributed by atoms with E-state index in [2.05, 4.69) is 46.8 Å². The van der Waals surface area contributed by atoms with Crippen LogP contribution in [0.1, 0.15) is 51.0 Å². The highest BCUT2D eigenvalue weighted by molar-refractivity contribution is 5.79. The van der Waals surface area contributed by atoms with Gasteiger partial charge in [0.1, 0.15) is 0 Å². The lowest BCUT2D eigenvalue weighted by molar-refractivity contribution is 0.583. The standard InChI is InChI=1S/C18H31N5/c1-3-19-18(21-12-10-17-8-5-4-6-9-17)20-11-7-13-23-15-16(2)14-22-23/h8,14-15H,3-7,9-13H2,1-2H3,(H2,19,20,21). The topological polar surface area (TPSA) is 54.2 Å². The Bertz CT molecular complexity index is 515. The predicted molar refractivity (Wildman–Crippen MR) is 96.7 cm³/mol. The van der Waals surface area contributed by atoms with E-state index in [0.717, 1.165) is 45.0 Å². The zero-order valence-electron chi connectivity index (χ0n) is 14.6. The van der Waals surface area contributed by atoms with Crippen LogP contribution in [0.25, 0.3) is 0 Å². The van der Waals surface area contributed by atoms with E-state index in [1.165, 1.54) is 31.2 Å². The zero-order chi connectivity index (χ0) is 16.3. The average molecular weight is 317 g/mol. The Hall–Kier alpha value is -1.78. The molecule has 0 saturated carbocycles. The molecule has 2 rings (SSSR count). The SMILES string of the molecule is CCNC(=NCCCn1cc(C)cn1)NCCC1=CCCCC1.